The van der Waals surface area contributed by atoms with E-state index in [4.69, 9.17) is 0 Å². The average molecular weight is 386 g/mol. The van der Waals surface area contributed by atoms with Gasteiger partial charge in [-0.2, -0.15) is 0 Å². The molecule has 134 valence electrons. The highest BCUT2D eigenvalue weighted by Gasteiger charge is 2.28. The van der Waals surface area contributed by atoms with Crippen LogP contribution >= 0.6 is 23.1 Å². The van der Waals surface area contributed by atoms with Gasteiger partial charge >= 0.3 is 0 Å². The first-order valence-electron chi connectivity index (χ1n) is 8.61. The number of carbonyl (C=O) groups is 1. The summed E-state index contributed by atoms with van der Waals surface area (Å²) in [6, 6.07) is 11.5. The largest absolute Gasteiger partial charge is 0.353 e. The van der Waals surface area contributed by atoms with Crippen LogP contribution in [0.2, 0.25) is 0 Å². The van der Waals surface area contributed by atoms with E-state index in [1.165, 1.54) is 35.9 Å². The van der Waals surface area contributed by atoms with E-state index in [-0.39, 0.29) is 23.3 Å². The molecule has 1 amide bonds. The number of thiophene rings is 1. The van der Waals surface area contributed by atoms with Gasteiger partial charge in [0.05, 0.1) is 17.0 Å². The molecule has 0 radical (unpaired) electrons. The van der Waals surface area contributed by atoms with Crippen LogP contribution in [0.4, 0.5) is 0 Å². The van der Waals surface area contributed by atoms with E-state index >= 15 is 0 Å². The van der Waals surface area contributed by atoms with Crippen LogP contribution in [-0.2, 0) is 4.79 Å². The number of benzene rings is 1. The summed E-state index contributed by atoms with van der Waals surface area (Å²) in [5, 5.41) is 5.46. The molecule has 0 spiro atoms. The summed E-state index contributed by atoms with van der Waals surface area (Å²) in [6.45, 7) is 2.05. The van der Waals surface area contributed by atoms with Crippen LogP contribution in [-0.4, -0.2) is 27.3 Å². The minimum absolute atomic E-state index is 0.0197. The standard InChI is InChI=1S/C19H19N3O2S2/c1-12(13-7-8-13)20-16(23)11-26-19-21-15-9-10-25-17(15)18(24)22(19)14-5-3-2-4-6-14/h2-6,9-10,12-13H,7-8,11H2,1H3,(H,20,23). The third kappa shape index (κ3) is 3.54. The molecule has 26 heavy (non-hydrogen) atoms. The summed E-state index contributed by atoms with van der Waals surface area (Å²) >= 11 is 2.69. The number of aromatic nitrogens is 2. The zero-order valence-electron chi connectivity index (χ0n) is 14.3. The van der Waals surface area contributed by atoms with E-state index in [9.17, 15) is 9.59 Å². The Morgan fingerprint density at radius 1 is 1.35 bits per heavy atom. The number of para-hydroxylation sites is 1. The van der Waals surface area contributed by atoms with Crippen LogP contribution < -0.4 is 10.9 Å². The molecule has 2 aromatic heterocycles. The van der Waals surface area contributed by atoms with Gasteiger partial charge in [-0.25, -0.2) is 4.98 Å². The quantitative estimate of drug-likeness (QED) is 0.521. The summed E-state index contributed by atoms with van der Waals surface area (Å²) < 4.78 is 2.23. The Morgan fingerprint density at radius 2 is 2.12 bits per heavy atom. The molecule has 5 nitrogen and oxygen atoms in total. The summed E-state index contributed by atoms with van der Waals surface area (Å²) in [7, 11) is 0. The molecule has 1 aromatic carbocycles. The van der Waals surface area contributed by atoms with E-state index in [0.29, 0.717) is 21.3 Å². The molecule has 1 saturated carbocycles. The van der Waals surface area contributed by atoms with Crippen LogP contribution in [0.5, 0.6) is 0 Å². The lowest BCUT2D eigenvalue weighted by molar-refractivity contribution is -0.119. The number of carbonyl (C=O) groups excluding carboxylic acids is 1. The molecule has 0 bridgehead atoms. The Hall–Kier alpha value is -2.12. The Morgan fingerprint density at radius 3 is 2.85 bits per heavy atom. The number of hydrogen-bond acceptors (Lipinski definition) is 5. The molecule has 1 fully saturated rings. The molecule has 2 heterocycles. The number of fused-ring (bicyclic) bond motifs is 1. The average Bonchev–Trinajstić information content (AvgIpc) is 3.39. The lowest BCUT2D eigenvalue weighted by Gasteiger charge is -2.14. The predicted octanol–water partition coefficient (Wildman–Crippen LogP) is 3.45. The van der Waals surface area contributed by atoms with E-state index in [2.05, 4.69) is 17.2 Å². The van der Waals surface area contributed by atoms with Crippen molar-refractivity contribution in [2.24, 2.45) is 5.92 Å². The van der Waals surface area contributed by atoms with Gasteiger partial charge < -0.3 is 5.32 Å². The molecule has 7 heteroatoms. The smallest absolute Gasteiger partial charge is 0.276 e. The van der Waals surface area contributed by atoms with E-state index in [0.717, 1.165) is 5.69 Å². The fraction of sp³-hybridized carbons (Fsp3) is 0.316. The van der Waals surface area contributed by atoms with Crippen molar-refractivity contribution in [3.05, 3.63) is 52.1 Å². The van der Waals surface area contributed by atoms with Crippen LogP contribution in [0.25, 0.3) is 15.9 Å². The predicted molar refractivity (Wildman–Crippen MR) is 106 cm³/mol. The Bertz CT molecular complexity index is 993. The molecule has 0 saturated heterocycles. The number of amides is 1. The first-order valence-corrected chi connectivity index (χ1v) is 10.5. The third-order valence-electron chi connectivity index (χ3n) is 4.51. The molecule has 0 aliphatic heterocycles. The van der Waals surface area contributed by atoms with Crippen molar-refractivity contribution >= 4 is 39.2 Å². The summed E-state index contributed by atoms with van der Waals surface area (Å²) in [5.74, 6) is 0.840. The topological polar surface area (TPSA) is 64.0 Å². The first-order chi connectivity index (χ1) is 12.6. The lowest BCUT2D eigenvalue weighted by Crippen LogP contribution is -2.35. The maximum atomic E-state index is 13.0. The maximum Gasteiger partial charge on any atom is 0.276 e. The van der Waals surface area contributed by atoms with Crippen molar-refractivity contribution in [2.45, 2.75) is 31.0 Å². The van der Waals surface area contributed by atoms with Gasteiger partial charge in [0, 0.05) is 6.04 Å². The molecule has 1 aliphatic carbocycles. The lowest BCUT2D eigenvalue weighted by atomic mass is 10.2. The van der Waals surface area contributed by atoms with Crippen molar-refractivity contribution < 1.29 is 4.79 Å². The number of rotatable bonds is 6. The van der Waals surface area contributed by atoms with E-state index in [1.807, 2.05) is 41.8 Å². The molecular formula is C19H19N3O2S2. The summed E-state index contributed by atoms with van der Waals surface area (Å²) in [6.07, 6.45) is 2.39. The second-order valence-electron chi connectivity index (χ2n) is 6.49. The van der Waals surface area contributed by atoms with Gasteiger partial charge in [0.15, 0.2) is 5.16 Å². The van der Waals surface area contributed by atoms with Crippen LogP contribution in [0.3, 0.4) is 0 Å². The van der Waals surface area contributed by atoms with Gasteiger partial charge in [-0.05, 0) is 49.3 Å². The van der Waals surface area contributed by atoms with Crippen molar-refractivity contribution in [1.82, 2.24) is 14.9 Å². The summed E-state index contributed by atoms with van der Waals surface area (Å²) in [4.78, 5) is 29.8. The summed E-state index contributed by atoms with van der Waals surface area (Å²) in [5.41, 5.74) is 1.35. The SMILES string of the molecule is CC(NC(=O)CSc1nc2ccsc2c(=O)n1-c1ccccc1)C1CC1. The normalized spacial score (nSPS) is 15.1. The monoisotopic (exact) mass is 385 g/mol. The Kier molecular flexibility index (Phi) is 4.82. The molecule has 1 unspecified atom stereocenters. The molecule has 1 N–H and O–H groups in total. The minimum Gasteiger partial charge on any atom is -0.353 e. The van der Waals surface area contributed by atoms with Gasteiger partial charge in [0.25, 0.3) is 5.56 Å². The number of nitrogens with one attached hydrogen (secondary N) is 1. The zero-order chi connectivity index (χ0) is 18.1. The highest BCUT2D eigenvalue weighted by molar-refractivity contribution is 7.99. The van der Waals surface area contributed by atoms with Gasteiger partial charge in [-0.15, -0.1) is 11.3 Å². The maximum absolute atomic E-state index is 13.0. The van der Waals surface area contributed by atoms with Crippen molar-refractivity contribution in [2.75, 3.05) is 5.75 Å². The zero-order valence-corrected chi connectivity index (χ0v) is 16.0. The molecule has 1 atom stereocenters. The highest BCUT2D eigenvalue weighted by Crippen LogP contribution is 2.32. The van der Waals surface area contributed by atoms with Gasteiger partial charge in [-0.1, -0.05) is 30.0 Å². The highest BCUT2D eigenvalue weighted by atomic mass is 32.2. The van der Waals surface area contributed by atoms with Crippen LogP contribution in [0.15, 0.2) is 51.7 Å². The minimum atomic E-state index is -0.0922. The fourth-order valence-corrected chi connectivity index (χ4v) is 4.52. The van der Waals surface area contributed by atoms with Crippen molar-refractivity contribution in [3.8, 4) is 5.69 Å². The van der Waals surface area contributed by atoms with Crippen LogP contribution in [0.1, 0.15) is 19.8 Å². The number of thioether (sulfide) groups is 1. The number of hydrogen-bond donors (Lipinski definition) is 1. The van der Waals surface area contributed by atoms with Crippen LogP contribution in [0, 0.1) is 5.92 Å². The van der Waals surface area contributed by atoms with Crippen molar-refractivity contribution in [1.29, 1.82) is 0 Å². The van der Waals surface area contributed by atoms with Gasteiger partial charge in [0.2, 0.25) is 5.91 Å². The fourth-order valence-electron chi connectivity index (χ4n) is 2.93. The van der Waals surface area contributed by atoms with Gasteiger partial charge in [0.1, 0.15) is 4.70 Å². The molecule has 4 rings (SSSR count). The second kappa shape index (κ2) is 7.25. The number of nitrogens with zero attached hydrogens (tertiary/aromatic N) is 2. The Balaban J connectivity index is 1.63. The van der Waals surface area contributed by atoms with Gasteiger partial charge in [-0.3, -0.25) is 14.2 Å². The molecular weight excluding hydrogens is 366 g/mol. The third-order valence-corrected chi connectivity index (χ3v) is 6.34. The molecule has 3 aromatic rings. The molecule has 1 aliphatic rings. The first kappa shape index (κ1) is 17.3. The van der Waals surface area contributed by atoms with Crippen molar-refractivity contribution in [3.63, 3.8) is 0 Å². The second-order valence-corrected chi connectivity index (χ2v) is 8.35. The Labute approximate surface area is 159 Å². The van der Waals surface area contributed by atoms with E-state index in [1.54, 1.807) is 4.57 Å². The van der Waals surface area contributed by atoms with E-state index < -0.39 is 0 Å².